The molecule has 1 aliphatic rings. The van der Waals surface area contributed by atoms with E-state index < -0.39 is 26.6 Å². The van der Waals surface area contributed by atoms with Crippen LogP contribution in [-0.2, 0) is 21.3 Å². The molecule has 1 saturated heterocycles. The number of nitrogens with zero attached hydrogens (tertiary/aromatic N) is 3. The fraction of sp³-hybridized carbons (Fsp3) is 0.333. The summed E-state index contributed by atoms with van der Waals surface area (Å²) in [7, 11) is -4.15. The number of morpholine rings is 1. The van der Waals surface area contributed by atoms with Gasteiger partial charge in [0.05, 0.1) is 19.8 Å². The second-order valence-electron chi connectivity index (χ2n) is 5.33. The average Bonchev–Trinajstić information content (AvgIpc) is 2.61. The van der Waals surface area contributed by atoms with Crippen molar-refractivity contribution in [1.82, 2.24) is 14.7 Å². The molecule has 7 nitrogen and oxygen atoms in total. The number of rotatable bonds is 5. The van der Waals surface area contributed by atoms with Crippen molar-refractivity contribution in [1.29, 1.82) is 0 Å². The minimum Gasteiger partial charge on any atom is -0.378 e. The van der Waals surface area contributed by atoms with Crippen LogP contribution < -0.4 is 9.62 Å². The predicted molar refractivity (Wildman–Crippen MR) is 85.4 cm³/mol. The maximum Gasteiger partial charge on any atom is 0.243 e. The van der Waals surface area contributed by atoms with E-state index in [1.54, 1.807) is 6.07 Å². The lowest BCUT2D eigenvalue weighted by Crippen LogP contribution is -2.37. The van der Waals surface area contributed by atoms with E-state index in [0.29, 0.717) is 38.2 Å². The number of halogens is 2. The van der Waals surface area contributed by atoms with E-state index in [2.05, 4.69) is 14.7 Å². The molecule has 2 aromatic rings. The van der Waals surface area contributed by atoms with Crippen molar-refractivity contribution >= 4 is 15.8 Å². The van der Waals surface area contributed by atoms with Crippen molar-refractivity contribution in [2.75, 3.05) is 31.2 Å². The second-order valence-corrected chi connectivity index (χ2v) is 7.07. The molecule has 0 spiro atoms. The number of hydrogen-bond acceptors (Lipinski definition) is 6. The Hall–Kier alpha value is -2.17. The molecule has 25 heavy (non-hydrogen) atoms. The molecular formula is C15H16F2N4O3S. The lowest BCUT2D eigenvalue weighted by atomic mass is 10.3. The smallest absolute Gasteiger partial charge is 0.243 e. The summed E-state index contributed by atoms with van der Waals surface area (Å²) in [5.41, 5.74) is 0. The van der Waals surface area contributed by atoms with E-state index in [4.69, 9.17) is 4.74 Å². The fourth-order valence-electron chi connectivity index (χ4n) is 2.37. The standard InChI is InChI=1S/C15H16F2N4O3S/c16-11-1-2-13(12(17)9-11)25(22,23)19-10-14-18-4-3-15(20-14)21-5-7-24-8-6-21/h1-4,9,19H,5-8,10H2. The maximum atomic E-state index is 13.7. The number of nitrogens with one attached hydrogen (secondary N) is 1. The summed E-state index contributed by atoms with van der Waals surface area (Å²) in [4.78, 5) is 9.70. The highest BCUT2D eigenvalue weighted by Gasteiger charge is 2.20. The summed E-state index contributed by atoms with van der Waals surface area (Å²) in [5, 5.41) is 0. The molecule has 1 aromatic carbocycles. The first-order chi connectivity index (χ1) is 12.0. The van der Waals surface area contributed by atoms with E-state index in [9.17, 15) is 17.2 Å². The average molecular weight is 370 g/mol. The first-order valence-electron chi connectivity index (χ1n) is 7.55. The maximum absolute atomic E-state index is 13.7. The van der Waals surface area contributed by atoms with E-state index in [0.717, 1.165) is 12.1 Å². The highest BCUT2D eigenvalue weighted by molar-refractivity contribution is 7.89. The van der Waals surface area contributed by atoms with Gasteiger partial charge in [0.15, 0.2) is 0 Å². The normalized spacial score (nSPS) is 15.4. The van der Waals surface area contributed by atoms with Crippen LogP contribution in [0.5, 0.6) is 0 Å². The molecule has 134 valence electrons. The molecule has 0 atom stereocenters. The van der Waals surface area contributed by atoms with Crippen LogP contribution in [0.15, 0.2) is 35.4 Å². The third-order valence-electron chi connectivity index (χ3n) is 3.63. The van der Waals surface area contributed by atoms with Gasteiger partial charge in [-0.2, -0.15) is 0 Å². The zero-order chi connectivity index (χ0) is 17.9. The Balaban J connectivity index is 1.72. The number of anilines is 1. The van der Waals surface area contributed by atoms with Crippen molar-refractivity contribution in [3.63, 3.8) is 0 Å². The molecule has 0 unspecified atom stereocenters. The fourth-order valence-corrected chi connectivity index (χ4v) is 3.41. The van der Waals surface area contributed by atoms with E-state index >= 15 is 0 Å². The van der Waals surface area contributed by atoms with Gasteiger partial charge in [-0.3, -0.25) is 0 Å². The van der Waals surface area contributed by atoms with Gasteiger partial charge in [0.2, 0.25) is 10.0 Å². The summed E-state index contributed by atoms with van der Waals surface area (Å²) < 4.78 is 58.4. The van der Waals surface area contributed by atoms with Gasteiger partial charge in [-0.25, -0.2) is 31.9 Å². The minimum absolute atomic E-state index is 0.211. The van der Waals surface area contributed by atoms with Crippen LogP contribution in [0.2, 0.25) is 0 Å². The molecule has 1 aromatic heterocycles. The van der Waals surface area contributed by atoms with Gasteiger partial charge >= 0.3 is 0 Å². The lowest BCUT2D eigenvalue weighted by Gasteiger charge is -2.27. The van der Waals surface area contributed by atoms with Gasteiger partial charge in [-0.15, -0.1) is 0 Å². The predicted octanol–water partition coefficient (Wildman–Crippen LogP) is 1.07. The SMILES string of the molecule is O=S(=O)(NCc1nccc(N2CCOCC2)n1)c1ccc(F)cc1F. The molecule has 1 aliphatic heterocycles. The topological polar surface area (TPSA) is 84.4 Å². The van der Waals surface area contributed by atoms with Crippen LogP contribution in [0, 0.1) is 11.6 Å². The highest BCUT2D eigenvalue weighted by atomic mass is 32.2. The first kappa shape index (κ1) is 17.6. The quantitative estimate of drug-likeness (QED) is 0.848. The van der Waals surface area contributed by atoms with Gasteiger partial charge in [-0.05, 0) is 18.2 Å². The van der Waals surface area contributed by atoms with Crippen LogP contribution in [0.25, 0.3) is 0 Å². The van der Waals surface area contributed by atoms with Gasteiger partial charge in [0.1, 0.15) is 28.2 Å². The van der Waals surface area contributed by atoms with Gasteiger partial charge in [0.25, 0.3) is 0 Å². The van der Waals surface area contributed by atoms with Crippen LogP contribution >= 0.6 is 0 Å². The molecule has 0 amide bonds. The van der Waals surface area contributed by atoms with Crippen molar-refractivity contribution in [3.05, 3.63) is 47.9 Å². The monoisotopic (exact) mass is 370 g/mol. The van der Waals surface area contributed by atoms with Crippen LogP contribution in [-0.4, -0.2) is 44.7 Å². The molecule has 0 aliphatic carbocycles. The molecule has 3 rings (SSSR count). The molecule has 1 fully saturated rings. The van der Waals surface area contributed by atoms with E-state index in [1.165, 1.54) is 6.20 Å². The molecular weight excluding hydrogens is 354 g/mol. The Morgan fingerprint density at radius 2 is 1.96 bits per heavy atom. The molecule has 2 heterocycles. The molecule has 0 bridgehead atoms. The Morgan fingerprint density at radius 3 is 2.68 bits per heavy atom. The van der Waals surface area contributed by atoms with Crippen molar-refractivity contribution in [3.8, 4) is 0 Å². The highest BCUT2D eigenvalue weighted by Crippen LogP contribution is 2.16. The van der Waals surface area contributed by atoms with Gasteiger partial charge < -0.3 is 9.64 Å². The first-order valence-corrected chi connectivity index (χ1v) is 9.03. The van der Waals surface area contributed by atoms with Crippen LogP contribution in [0.3, 0.4) is 0 Å². The Morgan fingerprint density at radius 1 is 1.20 bits per heavy atom. The second kappa shape index (κ2) is 7.38. The summed E-state index contributed by atoms with van der Waals surface area (Å²) in [6.45, 7) is 2.34. The number of sulfonamides is 1. The Labute approximate surface area is 143 Å². The van der Waals surface area contributed by atoms with Gasteiger partial charge in [0, 0.05) is 25.4 Å². The van der Waals surface area contributed by atoms with E-state index in [1.807, 2.05) is 4.90 Å². The largest absolute Gasteiger partial charge is 0.378 e. The van der Waals surface area contributed by atoms with Crippen molar-refractivity contribution in [2.45, 2.75) is 11.4 Å². The molecule has 0 saturated carbocycles. The number of hydrogen-bond donors (Lipinski definition) is 1. The molecule has 10 heteroatoms. The van der Waals surface area contributed by atoms with Crippen molar-refractivity contribution < 1.29 is 21.9 Å². The van der Waals surface area contributed by atoms with Crippen LogP contribution in [0.4, 0.5) is 14.6 Å². The Kier molecular flexibility index (Phi) is 5.21. The molecule has 0 radical (unpaired) electrons. The zero-order valence-corrected chi connectivity index (χ0v) is 14.0. The Bertz CT molecular complexity index is 858. The third-order valence-corrected chi connectivity index (χ3v) is 5.06. The van der Waals surface area contributed by atoms with Crippen LogP contribution in [0.1, 0.15) is 5.82 Å². The number of benzene rings is 1. The van der Waals surface area contributed by atoms with Crippen molar-refractivity contribution in [2.24, 2.45) is 0 Å². The zero-order valence-electron chi connectivity index (χ0n) is 13.2. The minimum atomic E-state index is -4.15. The summed E-state index contributed by atoms with van der Waals surface area (Å²) in [6.07, 6.45) is 1.53. The number of ether oxygens (including phenoxy) is 1. The summed E-state index contributed by atoms with van der Waals surface area (Å²) in [5.74, 6) is -1.09. The molecule has 1 N–H and O–H groups in total. The lowest BCUT2D eigenvalue weighted by molar-refractivity contribution is 0.122. The number of aromatic nitrogens is 2. The van der Waals surface area contributed by atoms with E-state index in [-0.39, 0.29) is 12.4 Å². The summed E-state index contributed by atoms with van der Waals surface area (Å²) in [6, 6.07) is 4.00. The van der Waals surface area contributed by atoms with Gasteiger partial charge in [-0.1, -0.05) is 0 Å². The summed E-state index contributed by atoms with van der Waals surface area (Å²) >= 11 is 0. The third kappa shape index (κ3) is 4.27.